The maximum Gasteiger partial charge on any atom is 0.256 e. The summed E-state index contributed by atoms with van der Waals surface area (Å²) < 4.78 is 1.56. The maximum atomic E-state index is 12.1. The van der Waals surface area contributed by atoms with Crippen LogP contribution in [0.5, 0.6) is 0 Å². The average Bonchev–Trinajstić information content (AvgIpc) is 2.83. The van der Waals surface area contributed by atoms with Gasteiger partial charge in [-0.3, -0.25) is 9.48 Å². The van der Waals surface area contributed by atoms with Crippen LogP contribution in [0.3, 0.4) is 0 Å². The summed E-state index contributed by atoms with van der Waals surface area (Å²) in [5, 5.41) is 15.7. The first-order chi connectivity index (χ1) is 9.61. The van der Waals surface area contributed by atoms with Crippen LogP contribution in [0.25, 0.3) is 0 Å². The fourth-order valence-corrected chi connectivity index (χ4v) is 1.81. The Kier molecular flexibility index (Phi) is 4.41. The minimum absolute atomic E-state index is 0.237. The first-order valence-corrected chi connectivity index (χ1v) is 6.18. The van der Waals surface area contributed by atoms with Gasteiger partial charge in [-0.25, -0.2) is 0 Å². The van der Waals surface area contributed by atoms with Crippen molar-refractivity contribution in [2.24, 2.45) is 7.05 Å². The quantitative estimate of drug-likeness (QED) is 0.827. The molecule has 1 heterocycles. The second-order valence-corrected chi connectivity index (χ2v) is 4.36. The molecule has 0 aliphatic rings. The number of rotatable bonds is 2. The van der Waals surface area contributed by atoms with E-state index in [0.29, 0.717) is 22.0 Å². The van der Waals surface area contributed by atoms with Crippen LogP contribution in [0, 0.1) is 11.8 Å². The number of halogens is 1. The molecule has 0 bridgehead atoms. The number of nitrogens with one attached hydrogen (secondary N) is 1. The van der Waals surface area contributed by atoms with Gasteiger partial charge >= 0.3 is 0 Å². The molecule has 6 heteroatoms. The highest BCUT2D eigenvalue weighted by Gasteiger charge is 2.10. The van der Waals surface area contributed by atoms with Gasteiger partial charge in [-0.1, -0.05) is 23.4 Å². The van der Waals surface area contributed by atoms with Gasteiger partial charge in [0.25, 0.3) is 5.91 Å². The van der Waals surface area contributed by atoms with Crippen LogP contribution >= 0.6 is 11.6 Å². The monoisotopic (exact) mass is 289 g/mol. The minimum atomic E-state index is -0.280. The van der Waals surface area contributed by atoms with Gasteiger partial charge in [0.2, 0.25) is 0 Å². The molecule has 2 N–H and O–H groups in total. The summed E-state index contributed by atoms with van der Waals surface area (Å²) >= 11 is 6.04. The zero-order valence-electron chi connectivity index (χ0n) is 10.7. The molecule has 0 unspecified atom stereocenters. The topological polar surface area (TPSA) is 67.2 Å². The highest BCUT2D eigenvalue weighted by atomic mass is 35.5. The number of anilines is 1. The van der Waals surface area contributed by atoms with E-state index in [1.807, 2.05) is 0 Å². The Bertz CT molecular complexity index is 698. The fourth-order valence-electron chi connectivity index (χ4n) is 1.58. The van der Waals surface area contributed by atoms with Crippen LogP contribution in [-0.4, -0.2) is 27.4 Å². The molecule has 0 aliphatic carbocycles. The lowest BCUT2D eigenvalue weighted by atomic mass is 10.1. The third-order valence-electron chi connectivity index (χ3n) is 2.60. The van der Waals surface area contributed by atoms with Gasteiger partial charge in [-0.15, -0.1) is 0 Å². The minimum Gasteiger partial charge on any atom is -0.384 e. The van der Waals surface area contributed by atoms with E-state index < -0.39 is 0 Å². The zero-order chi connectivity index (χ0) is 14.5. The van der Waals surface area contributed by atoms with Crippen LogP contribution in [0.15, 0.2) is 30.5 Å². The lowest BCUT2D eigenvalue weighted by Gasteiger charge is -2.06. The van der Waals surface area contributed by atoms with Crippen molar-refractivity contribution in [1.29, 1.82) is 0 Å². The molecule has 0 aliphatic heterocycles. The average molecular weight is 290 g/mol. The molecular weight excluding hydrogens is 278 g/mol. The molecule has 20 heavy (non-hydrogen) atoms. The highest BCUT2D eigenvalue weighted by molar-refractivity contribution is 6.32. The van der Waals surface area contributed by atoms with E-state index in [-0.39, 0.29) is 12.5 Å². The standard InChI is InChI=1S/C14H12ClN3O2/c1-18-13(6-7-16-18)17-14(20)11-5-4-10(3-2-8-19)12(15)9-11/h4-7,9,19H,8H2,1H3,(H,17,20). The second-order valence-electron chi connectivity index (χ2n) is 3.95. The number of hydrogen-bond donors (Lipinski definition) is 2. The van der Waals surface area contributed by atoms with Crippen molar-refractivity contribution in [2.75, 3.05) is 11.9 Å². The summed E-state index contributed by atoms with van der Waals surface area (Å²) in [6.45, 7) is -0.237. The number of benzene rings is 1. The lowest BCUT2D eigenvalue weighted by Crippen LogP contribution is -2.14. The van der Waals surface area contributed by atoms with Crippen molar-refractivity contribution < 1.29 is 9.90 Å². The summed E-state index contributed by atoms with van der Waals surface area (Å²) in [5.74, 6) is 5.52. The number of aryl methyl sites for hydroxylation is 1. The Morgan fingerprint density at radius 1 is 1.50 bits per heavy atom. The van der Waals surface area contributed by atoms with Crippen LogP contribution in [0.1, 0.15) is 15.9 Å². The summed E-state index contributed by atoms with van der Waals surface area (Å²) in [4.78, 5) is 12.1. The van der Waals surface area contributed by atoms with Gasteiger partial charge in [-0.05, 0) is 18.2 Å². The molecule has 0 spiro atoms. The Hall–Kier alpha value is -2.29. The predicted octanol–water partition coefficient (Wildman–Crippen LogP) is 1.67. The van der Waals surface area contributed by atoms with Crippen molar-refractivity contribution in [1.82, 2.24) is 9.78 Å². The maximum absolute atomic E-state index is 12.1. The number of carbonyl (C=O) groups excluding carboxylic acids is 1. The predicted molar refractivity (Wildman–Crippen MR) is 76.6 cm³/mol. The first-order valence-electron chi connectivity index (χ1n) is 5.80. The van der Waals surface area contributed by atoms with Crippen molar-refractivity contribution in [2.45, 2.75) is 0 Å². The van der Waals surface area contributed by atoms with Crippen LogP contribution in [0.2, 0.25) is 5.02 Å². The molecule has 0 radical (unpaired) electrons. The number of aromatic nitrogens is 2. The van der Waals surface area contributed by atoms with Gasteiger partial charge in [0.05, 0.1) is 11.2 Å². The molecule has 1 aromatic carbocycles. The Morgan fingerprint density at radius 2 is 2.30 bits per heavy atom. The summed E-state index contributed by atoms with van der Waals surface area (Å²) in [7, 11) is 1.73. The van der Waals surface area contributed by atoms with Gasteiger partial charge in [0.1, 0.15) is 12.4 Å². The SMILES string of the molecule is Cn1nccc1NC(=O)c1ccc(C#CCO)c(Cl)c1. The molecule has 0 fully saturated rings. The number of aliphatic hydroxyl groups excluding tert-OH is 1. The largest absolute Gasteiger partial charge is 0.384 e. The number of nitrogens with zero attached hydrogens (tertiary/aromatic N) is 2. The van der Waals surface area contributed by atoms with Crippen LogP contribution in [0.4, 0.5) is 5.82 Å². The van der Waals surface area contributed by atoms with Gasteiger partial charge in [-0.2, -0.15) is 5.10 Å². The van der Waals surface area contributed by atoms with Crippen molar-refractivity contribution in [3.05, 3.63) is 46.6 Å². The molecule has 102 valence electrons. The van der Waals surface area contributed by atoms with Crippen LogP contribution < -0.4 is 5.32 Å². The Balaban J connectivity index is 2.19. The van der Waals surface area contributed by atoms with E-state index in [2.05, 4.69) is 22.3 Å². The van der Waals surface area contributed by atoms with E-state index in [1.54, 1.807) is 36.1 Å². The second kappa shape index (κ2) is 6.24. The third-order valence-corrected chi connectivity index (χ3v) is 2.91. The Labute approximate surface area is 121 Å². The zero-order valence-corrected chi connectivity index (χ0v) is 11.5. The molecule has 2 rings (SSSR count). The first kappa shape index (κ1) is 14.1. The van der Waals surface area contributed by atoms with Gasteiger partial charge in [0.15, 0.2) is 0 Å². The molecule has 0 saturated carbocycles. The van der Waals surface area contributed by atoms with Gasteiger partial charge in [0, 0.05) is 24.2 Å². The molecule has 1 amide bonds. The normalized spacial score (nSPS) is 9.75. The van der Waals surface area contributed by atoms with E-state index in [4.69, 9.17) is 16.7 Å². The molecule has 1 aromatic heterocycles. The van der Waals surface area contributed by atoms with E-state index in [1.165, 1.54) is 6.07 Å². The number of amides is 1. The highest BCUT2D eigenvalue weighted by Crippen LogP contribution is 2.18. The smallest absolute Gasteiger partial charge is 0.256 e. The van der Waals surface area contributed by atoms with E-state index in [9.17, 15) is 4.79 Å². The van der Waals surface area contributed by atoms with Crippen molar-refractivity contribution in [3.63, 3.8) is 0 Å². The number of hydrogen-bond acceptors (Lipinski definition) is 3. The fraction of sp³-hybridized carbons (Fsp3) is 0.143. The molecule has 0 atom stereocenters. The van der Waals surface area contributed by atoms with E-state index in [0.717, 1.165) is 0 Å². The van der Waals surface area contributed by atoms with Gasteiger partial charge < -0.3 is 10.4 Å². The molecule has 2 aromatic rings. The molecular formula is C14H12ClN3O2. The number of aliphatic hydroxyl groups is 1. The summed E-state index contributed by atoms with van der Waals surface area (Å²) in [6.07, 6.45) is 1.59. The molecule has 0 saturated heterocycles. The number of carbonyl (C=O) groups is 1. The van der Waals surface area contributed by atoms with Crippen molar-refractivity contribution in [3.8, 4) is 11.8 Å². The third kappa shape index (κ3) is 3.18. The Morgan fingerprint density at radius 3 is 2.90 bits per heavy atom. The van der Waals surface area contributed by atoms with Crippen LogP contribution in [-0.2, 0) is 7.05 Å². The van der Waals surface area contributed by atoms with E-state index >= 15 is 0 Å². The summed E-state index contributed by atoms with van der Waals surface area (Å²) in [5.41, 5.74) is 0.989. The molecule has 5 nitrogen and oxygen atoms in total. The van der Waals surface area contributed by atoms with Crippen molar-refractivity contribution >= 4 is 23.3 Å². The summed E-state index contributed by atoms with van der Waals surface area (Å²) in [6, 6.07) is 6.50. The lowest BCUT2D eigenvalue weighted by molar-refractivity contribution is 0.102.